The number of hydrogen-bond donors (Lipinski definition) is 0. The van der Waals surface area contributed by atoms with Crippen LogP contribution in [0.25, 0.3) is 6.08 Å². The van der Waals surface area contributed by atoms with Crippen molar-refractivity contribution in [3.8, 4) is 5.75 Å². The summed E-state index contributed by atoms with van der Waals surface area (Å²) in [7, 11) is 1.62. The first kappa shape index (κ1) is 18.2. The third-order valence-electron chi connectivity index (χ3n) is 4.67. The molecule has 1 fully saturated rings. The Balaban J connectivity index is 1.54. The summed E-state index contributed by atoms with van der Waals surface area (Å²) in [6, 6.07) is 17.7. The van der Waals surface area contributed by atoms with Gasteiger partial charge in [-0.3, -0.25) is 9.69 Å². The number of benzene rings is 2. The standard InChI is InChI=1S/C22H26N2O2/c1-26-21-12-5-11-20(18-21)22(25)24-15-7-14-23(16-17-24)13-6-10-19-8-3-2-4-9-19/h2-6,8-12,18H,7,13-17H2,1H3. The number of methoxy groups -OCH3 is 1. The SMILES string of the molecule is COc1cccc(C(=O)N2CCCN(CC=Cc3ccccc3)CC2)c1. The molecule has 0 atom stereocenters. The second-order valence-electron chi connectivity index (χ2n) is 6.49. The maximum absolute atomic E-state index is 12.8. The second kappa shape index (κ2) is 9.20. The lowest BCUT2D eigenvalue weighted by molar-refractivity contribution is 0.0761. The molecule has 0 bridgehead atoms. The van der Waals surface area contributed by atoms with E-state index < -0.39 is 0 Å². The molecule has 1 aliphatic heterocycles. The molecular weight excluding hydrogens is 324 g/mol. The van der Waals surface area contributed by atoms with Crippen molar-refractivity contribution in [3.05, 3.63) is 71.8 Å². The molecule has 3 rings (SSSR count). The van der Waals surface area contributed by atoms with Crippen molar-refractivity contribution in [2.24, 2.45) is 0 Å². The largest absolute Gasteiger partial charge is 0.497 e. The molecule has 136 valence electrons. The Kier molecular flexibility index (Phi) is 6.45. The molecule has 0 spiro atoms. The highest BCUT2D eigenvalue weighted by Gasteiger charge is 2.20. The molecular formula is C22H26N2O2. The number of rotatable bonds is 5. The Morgan fingerprint density at radius 2 is 1.88 bits per heavy atom. The van der Waals surface area contributed by atoms with Crippen molar-refractivity contribution in [1.29, 1.82) is 0 Å². The van der Waals surface area contributed by atoms with Gasteiger partial charge in [0.25, 0.3) is 5.91 Å². The van der Waals surface area contributed by atoms with Gasteiger partial charge in [0.2, 0.25) is 0 Å². The number of ether oxygens (including phenoxy) is 1. The van der Waals surface area contributed by atoms with Gasteiger partial charge in [0.05, 0.1) is 7.11 Å². The first-order valence-corrected chi connectivity index (χ1v) is 9.13. The Labute approximate surface area is 155 Å². The lowest BCUT2D eigenvalue weighted by Gasteiger charge is -2.21. The number of carbonyl (C=O) groups is 1. The summed E-state index contributed by atoms with van der Waals surface area (Å²) in [4.78, 5) is 17.1. The molecule has 2 aromatic rings. The molecule has 1 aliphatic rings. The Morgan fingerprint density at radius 1 is 1.04 bits per heavy atom. The molecule has 4 heteroatoms. The van der Waals surface area contributed by atoms with Gasteiger partial charge >= 0.3 is 0 Å². The molecule has 0 N–H and O–H groups in total. The fraction of sp³-hybridized carbons (Fsp3) is 0.318. The van der Waals surface area contributed by atoms with Crippen LogP contribution in [0.5, 0.6) is 5.75 Å². The van der Waals surface area contributed by atoms with Crippen molar-refractivity contribution < 1.29 is 9.53 Å². The van der Waals surface area contributed by atoms with Crippen LogP contribution in [0.1, 0.15) is 22.3 Å². The van der Waals surface area contributed by atoms with Crippen LogP contribution in [0.3, 0.4) is 0 Å². The first-order valence-electron chi connectivity index (χ1n) is 9.13. The van der Waals surface area contributed by atoms with Crippen molar-refractivity contribution in [2.75, 3.05) is 39.8 Å². The van der Waals surface area contributed by atoms with E-state index in [4.69, 9.17) is 4.74 Å². The highest BCUT2D eigenvalue weighted by molar-refractivity contribution is 5.94. The minimum absolute atomic E-state index is 0.0885. The maximum Gasteiger partial charge on any atom is 0.254 e. The lowest BCUT2D eigenvalue weighted by Crippen LogP contribution is -2.35. The van der Waals surface area contributed by atoms with Crippen LogP contribution in [0.15, 0.2) is 60.7 Å². The molecule has 4 nitrogen and oxygen atoms in total. The number of nitrogens with zero attached hydrogens (tertiary/aromatic N) is 2. The van der Waals surface area contributed by atoms with Gasteiger partial charge in [-0.25, -0.2) is 0 Å². The zero-order valence-corrected chi connectivity index (χ0v) is 15.3. The summed E-state index contributed by atoms with van der Waals surface area (Å²) in [5.74, 6) is 0.809. The lowest BCUT2D eigenvalue weighted by atomic mass is 10.2. The van der Waals surface area contributed by atoms with Crippen LogP contribution in [-0.4, -0.2) is 55.5 Å². The fourth-order valence-electron chi connectivity index (χ4n) is 3.20. The van der Waals surface area contributed by atoms with Gasteiger partial charge in [-0.15, -0.1) is 0 Å². The molecule has 1 amide bonds. The summed E-state index contributed by atoms with van der Waals surface area (Å²) >= 11 is 0. The number of amides is 1. The van der Waals surface area contributed by atoms with E-state index in [2.05, 4.69) is 29.2 Å². The zero-order valence-electron chi connectivity index (χ0n) is 15.3. The third-order valence-corrected chi connectivity index (χ3v) is 4.67. The number of carbonyl (C=O) groups excluding carboxylic acids is 1. The van der Waals surface area contributed by atoms with Gasteiger partial charge in [-0.05, 0) is 30.2 Å². The Hall–Kier alpha value is -2.59. The molecule has 1 heterocycles. The second-order valence-corrected chi connectivity index (χ2v) is 6.49. The van der Waals surface area contributed by atoms with Gasteiger partial charge in [-0.1, -0.05) is 48.6 Å². The van der Waals surface area contributed by atoms with Crippen molar-refractivity contribution >= 4 is 12.0 Å². The van der Waals surface area contributed by atoms with Crippen LogP contribution in [-0.2, 0) is 0 Å². The molecule has 0 aliphatic carbocycles. The van der Waals surface area contributed by atoms with E-state index in [-0.39, 0.29) is 5.91 Å². The smallest absolute Gasteiger partial charge is 0.254 e. The summed E-state index contributed by atoms with van der Waals surface area (Å²) < 4.78 is 5.23. The first-order chi connectivity index (χ1) is 12.8. The molecule has 1 saturated heterocycles. The van der Waals surface area contributed by atoms with E-state index >= 15 is 0 Å². The number of hydrogen-bond acceptors (Lipinski definition) is 3. The molecule has 26 heavy (non-hydrogen) atoms. The molecule has 0 aromatic heterocycles. The van der Waals surface area contributed by atoms with E-state index in [1.807, 2.05) is 47.4 Å². The van der Waals surface area contributed by atoms with Crippen molar-refractivity contribution in [2.45, 2.75) is 6.42 Å². The third kappa shape index (κ3) is 4.96. The van der Waals surface area contributed by atoms with Crippen LogP contribution in [0.2, 0.25) is 0 Å². The van der Waals surface area contributed by atoms with Crippen molar-refractivity contribution in [1.82, 2.24) is 9.80 Å². The highest BCUT2D eigenvalue weighted by atomic mass is 16.5. The van der Waals surface area contributed by atoms with Gasteiger partial charge < -0.3 is 9.64 Å². The van der Waals surface area contributed by atoms with Crippen molar-refractivity contribution in [3.63, 3.8) is 0 Å². The van der Waals surface area contributed by atoms with E-state index in [9.17, 15) is 4.79 Å². The van der Waals surface area contributed by atoms with Crippen LogP contribution in [0.4, 0.5) is 0 Å². The summed E-state index contributed by atoms with van der Waals surface area (Å²) in [6.07, 6.45) is 5.35. The fourth-order valence-corrected chi connectivity index (χ4v) is 3.20. The average molecular weight is 350 g/mol. The van der Waals surface area contributed by atoms with Gasteiger partial charge in [0, 0.05) is 38.3 Å². The Morgan fingerprint density at radius 3 is 2.69 bits per heavy atom. The van der Waals surface area contributed by atoms with E-state index in [1.165, 1.54) is 5.56 Å². The molecule has 0 radical (unpaired) electrons. The maximum atomic E-state index is 12.8. The summed E-state index contributed by atoms with van der Waals surface area (Å²) in [6.45, 7) is 4.39. The van der Waals surface area contributed by atoms with E-state index in [1.54, 1.807) is 7.11 Å². The minimum atomic E-state index is 0.0885. The van der Waals surface area contributed by atoms with Crippen LogP contribution >= 0.6 is 0 Å². The Bertz CT molecular complexity index is 743. The summed E-state index contributed by atoms with van der Waals surface area (Å²) in [5.41, 5.74) is 1.92. The monoisotopic (exact) mass is 350 g/mol. The van der Waals surface area contributed by atoms with E-state index in [0.717, 1.165) is 44.9 Å². The molecule has 0 unspecified atom stereocenters. The average Bonchev–Trinajstić information content (AvgIpc) is 2.94. The van der Waals surface area contributed by atoms with Crippen LogP contribution < -0.4 is 4.74 Å². The van der Waals surface area contributed by atoms with Gasteiger partial charge in [-0.2, -0.15) is 0 Å². The quantitative estimate of drug-likeness (QED) is 0.827. The predicted molar refractivity (Wildman–Crippen MR) is 105 cm³/mol. The molecule has 0 saturated carbocycles. The van der Waals surface area contributed by atoms with Gasteiger partial charge in [0.1, 0.15) is 5.75 Å². The molecule has 2 aromatic carbocycles. The van der Waals surface area contributed by atoms with Gasteiger partial charge in [0.15, 0.2) is 0 Å². The minimum Gasteiger partial charge on any atom is -0.497 e. The predicted octanol–water partition coefficient (Wildman–Crippen LogP) is 3.56. The summed E-state index contributed by atoms with van der Waals surface area (Å²) in [5, 5.41) is 0. The highest BCUT2D eigenvalue weighted by Crippen LogP contribution is 2.15. The normalized spacial score (nSPS) is 15.8. The van der Waals surface area contributed by atoms with Crippen LogP contribution in [0, 0.1) is 0 Å². The topological polar surface area (TPSA) is 32.8 Å². The van der Waals surface area contributed by atoms with E-state index in [0.29, 0.717) is 5.56 Å². The zero-order chi connectivity index (χ0) is 18.2.